The van der Waals surface area contributed by atoms with Gasteiger partial charge in [0.05, 0.1) is 12.4 Å². The van der Waals surface area contributed by atoms with E-state index in [1.54, 1.807) is 0 Å². The quantitative estimate of drug-likeness (QED) is 0.382. The Morgan fingerprint density at radius 3 is 0.750 bits per heavy atom. The zero-order chi connectivity index (χ0) is 0. The monoisotopic (exact) mass is 125 g/mol. The second-order valence-corrected chi connectivity index (χ2v) is 0. The van der Waals surface area contributed by atoms with E-state index in [1.807, 2.05) is 0 Å². The van der Waals surface area contributed by atoms with Gasteiger partial charge in [-0.05, 0) is 0 Å². The second-order valence-electron chi connectivity index (χ2n) is 0. The molecule has 0 bridgehead atoms. The first-order valence-corrected chi connectivity index (χ1v) is 0. The summed E-state index contributed by atoms with van der Waals surface area (Å²) in [6.07, 6.45) is 0. The summed E-state index contributed by atoms with van der Waals surface area (Å²) in [5.74, 6) is 0. The summed E-state index contributed by atoms with van der Waals surface area (Å²) < 4.78 is 0. The normalized spacial score (nSPS) is 0. The Kier molecular flexibility index (Phi) is 1610. The first kappa shape index (κ1) is 124. The fraction of sp³-hybridized carbons (Fsp3) is 0. The van der Waals surface area contributed by atoms with Crippen LogP contribution in [0.5, 0.6) is 0 Å². The van der Waals surface area contributed by atoms with Gasteiger partial charge in [0.25, 0.3) is 0 Å². The molecule has 4 heteroatoms. The molecule has 0 aromatic carbocycles. The minimum atomic E-state index is 0. The van der Waals surface area contributed by atoms with E-state index in [9.17, 15) is 0 Å². The average Bonchev–Trinajstić information content (AvgIpc) is 0. The van der Waals surface area contributed by atoms with E-state index in [-0.39, 0.29) is 40.4 Å². The number of hydrogen-bond acceptors (Lipinski definition) is 0. The number of hydrogen-bond donors (Lipinski definition) is 0. The molecule has 0 unspecified atom stereocenters. The first-order valence-electron chi connectivity index (χ1n) is 0. The van der Waals surface area contributed by atoms with Crippen molar-refractivity contribution >= 4 is 0 Å². The van der Waals surface area contributed by atoms with Crippen LogP contribution in [-0.2, 0) is 28.0 Å². The summed E-state index contributed by atoms with van der Waals surface area (Å²) in [6, 6.07) is 0. The van der Waals surface area contributed by atoms with Crippen LogP contribution >= 0.6 is 0 Å². The molecule has 0 heterocycles. The summed E-state index contributed by atoms with van der Waals surface area (Å²) in [6.45, 7) is 0. The first-order chi connectivity index (χ1) is 0. The SMILES string of the molecule is [ClH2+].[Fe+3].[O-2].[O-2]. The summed E-state index contributed by atoms with van der Waals surface area (Å²) in [5, 5.41) is 0. The average molecular weight is 125 g/mol. The second kappa shape index (κ2) is 52.2. The van der Waals surface area contributed by atoms with Crippen LogP contribution in [0.4, 0.5) is 0 Å². The van der Waals surface area contributed by atoms with Gasteiger partial charge in [-0.15, -0.1) is 0 Å². The summed E-state index contributed by atoms with van der Waals surface area (Å²) in [7, 11) is 0. The molecule has 0 rings (SSSR count). The Balaban J connectivity index is 0. The van der Waals surface area contributed by atoms with Crippen LogP contribution in [-0.4, -0.2) is 0 Å². The standard InChI is InChI=1S/ClH2.Fe.2O/h1H2;;;/q+1;+3;2*-2. The summed E-state index contributed by atoms with van der Waals surface area (Å²) in [4.78, 5) is 0. The van der Waals surface area contributed by atoms with Crippen molar-refractivity contribution in [3.05, 3.63) is 0 Å². The minimum absolute atomic E-state index is 0. The zero-order valence-corrected chi connectivity index (χ0v) is 3.62. The fourth-order valence-electron chi connectivity index (χ4n) is 0. The van der Waals surface area contributed by atoms with Crippen LogP contribution < -0.4 is 0 Å². The van der Waals surface area contributed by atoms with Crippen molar-refractivity contribution < 1.29 is 40.4 Å². The largest absolute Gasteiger partial charge is 3.00 e. The molecule has 0 N–H and O–H groups in total. The molecule has 0 aliphatic rings. The van der Waals surface area contributed by atoms with Crippen molar-refractivity contribution in [2.45, 2.75) is 0 Å². The van der Waals surface area contributed by atoms with E-state index in [0.29, 0.717) is 0 Å². The van der Waals surface area contributed by atoms with Gasteiger partial charge in [0.2, 0.25) is 0 Å². The van der Waals surface area contributed by atoms with Crippen molar-refractivity contribution in [3.63, 3.8) is 0 Å². The smallest absolute Gasteiger partial charge is 2.00 e. The minimum Gasteiger partial charge on any atom is -2.00 e. The van der Waals surface area contributed by atoms with Gasteiger partial charge in [0.15, 0.2) is 0 Å². The van der Waals surface area contributed by atoms with Crippen LogP contribution in [0.2, 0.25) is 0 Å². The van der Waals surface area contributed by atoms with Gasteiger partial charge >= 0.3 is 17.1 Å². The maximum absolute atomic E-state index is 0. The summed E-state index contributed by atoms with van der Waals surface area (Å²) in [5.41, 5.74) is 0. The van der Waals surface area contributed by atoms with Gasteiger partial charge in [-0.2, -0.15) is 0 Å². The molecule has 0 saturated heterocycles. The fourth-order valence-corrected chi connectivity index (χ4v) is 0. The summed E-state index contributed by atoms with van der Waals surface area (Å²) >= 11 is 0. The van der Waals surface area contributed by atoms with Crippen LogP contribution in [0, 0.1) is 12.4 Å². The van der Waals surface area contributed by atoms with Gasteiger partial charge < -0.3 is 11.0 Å². The van der Waals surface area contributed by atoms with Gasteiger partial charge in [-0.3, -0.25) is 0 Å². The molecule has 2 nitrogen and oxygen atoms in total. The number of rotatable bonds is 0. The third-order valence-electron chi connectivity index (χ3n) is 0. The molecule has 0 atom stereocenters. The predicted molar refractivity (Wildman–Crippen MR) is 4.16 cm³/mol. The molecular formula is H2ClFeO2. The Labute approximate surface area is 41.1 Å². The van der Waals surface area contributed by atoms with E-state index in [4.69, 9.17) is 0 Å². The Hall–Kier alpha value is 0.729. The van der Waals surface area contributed by atoms with E-state index in [1.165, 1.54) is 0 Å². The molecule has 1 radical (unpaired) electrons. The van der Waals surface area contributed by atoms with Crippen molar-refractivity contribution in [2.24, 2.45) is 0 Å². The molecule has 29 valence electrons. The van der Waals surface area contributed by atoms with E-state index in [0.717, 1.165) is 0 Å². The molecule has 0 aliphatic carbocycles. The molecule has 0 spiro atoms. The molecular weight excluding hydrogens is 123 g/mol. The molecule has 4 heavy (non-hydrogen) atoms. The number of halogens is 1. The topological polar surface area (TPSA) is 57.0 Å². The van der Waals surface area contributed by atoms with Crippen molar-refractivity contribution in [1.82, 2.24) is 0 Å². The third-order valence-corrected chi connectivity index (χ3v) is 0. The van der Waals surface area contributed by atoms with E-state index < -0.39 is 0 Å². The molecule has 0 aromatic heterocycles. The molecule has 0 aromatic rings. The van der Waals surface area contributed by atoms with E-state index >= 15 is 0 Å². The van der Waals surface area contributed by atoms with Gasteiger partial charge in [-0.25, -0.2) is 0 Å². The predicted octanol–water partition coefficient (Wildman–Crippen LogP) is -0.776. The van der Waals surface area contributed by atoms with Crippen LogP contribution in [0.25, 0.3) is 0 Å². The maximum atomic E-state index is 0. The van der Waals surface area contributed by atoms with Crippen LogP contribution in [0.3, 0.4) is 0 Å². The van der Waals surface area contributed by atoms with Gasteiger partial charge in [0.1, 0.15) is 0 Å². The zero-order valence-electron chi connectivity index (χ0n) is 1.62. The molecule has 0 aliphatic heterocycles. The molecule has 0 amide bonds. The van der Waals surface area contributed by atoms with Crippen LogP contribution in [0.15, 0.2) is 0 Å². The maximum Gasteiger partial charge on any atom is 3.00 e. The van der Waals surface area contributed by atoms with Crippen LogP contribution in [0.1, 0.15) is 0 Å². The third kappa shape index (κ3) is 15.3. The van der Waals surface area contributed by atoms with Crippen molar-refractivity contribution in [1.29, 1.82) is 0 Å². The molecule has 0 fully saturated rings. The Morgan fingerprint density at radius 2 is 0.750 bits per heavy atom. The van der Waals surface area contributed by atoms with Crippen molar-refractivity contribution in [3.8, 4) is 0 Å². The van der Waals surface area contributed by atoms with Gasteiger partial charge in [-0.1, -0.05) is 0 Å². The molecule has 0 saturated carbocycles. The Bertz CT molecular complexity index is 6.00. The van der Waals surface area contributed by atoms with Gasteiger partial charge in [0, 0.05) is 0 Å². The van der Waals surface area contributed by atoms with E-state index in [2.05, 4.69) is 0 Å². The van der Waals surface area contributed by atoms with Crippen molar-refractivity contribution in [2.75, 3.05) is 0 Å². The Morgan fingerprint density at radius 1 is 0.750 bits per heavy atom.